The molecule has 21 heavy (non-hydrogen) atoms. The summed E-state index contributed by atoms with van der Waals surface area (Å²) in [4.78, 5) is 4.59. The van der Waals surface area contributed by atoms with Gasteiger partial charge in [-0.2, -0.15) is 4.98 Å². The number of rotatable bonds is 2. The second-order valence-corrected chi connectivity index (χ2v) is 7.16. The second-order valence-electron chi connectivity index (χ2n) is 6.24. The van der Waals surface area contributed by atoms with Crippen molar-refractivity contribution in [1.82, 2.24) is 10.1 Å². The van der Waals surface area contributed by atoms with Crippen molar-refractivity contribution in [3.05, 3.63) is 34.1 Å². The van der Waals surface area contributed by atoms with Gasteiger partial charge in [0.25, 0.3) is 5.89 Å². The average molecular weight is 350 g/mol. The van der Waals surface area contributed by atoms with E-state index in [0.29, 0.717) is 17.6 Å². The van der Waals surface area contributed by atoms with Gasteiger partial charge in [-0.3, -0.25) is 0 Å². The largest absolute Gasteiger partial charge is 0.334 e. The van der Waals surface area contributed by atoms with Crippen LogP contribution in [0.25, 0.3) is 11.5 Å². The molecule has 1 heterocycles. The molecule has 1 aromatic carbocycles. The van der Waals surface area contributed by atoms with E-state index in [9.17, 15) is 0 Å². The van der Waals surface area contributed by atoms with Crippen LogP contribution in [0.2, 0.25) is 0 Å². The van der Waals surface area contributed by atoms with Gasteiger partial charge in [0.2, 0.25) is 0 Å². The summed E-state index contributed by atoms with van der Waals surface area (Å²) >= 11 is 3.48. The minimum atomic E-state index is -0.445. The SMILES string of the molecule is Cc1ccc(Br)cc1-c1nc(C2(N)CCCC(C)C2)no1. The Morgan fingerprint density at radius 3 is 3.00 bits per heavy atom. The smallest absolute Gasteiger partial charge is 0.258 e. The number of halogens is 1. The van der Waals surface area contributed by atoms with E-state index in [2.05, 4.69) is 33.0 Å². The van der Waals surface area contributed by atoms with Gasteiger partial charge < -0.3 is 10.3 Å². The third-order valence-electron chi connectivity index (χ3n) is 4.33. The first-order chi connectivity index (χ1) is 9.98. The summed E-state index contributed by atoms with van der Waals surface area (Å²) in [7, 11) is 0. The van der Waals surface area contributed by atoms with Crippen molar-refractivity contribution in [3.63, 3.8) is 0 Å². The van der Waals surface area contributed by atoms with E-state index in [1.807, 2.05) is 25.1 Å². The van der Waals surface area contributed by atoms with Gasteiger partial charge in [-0.15, -0.1) is 0 Å². The molecule has 1 saturated carbocycles. The van der Waals surface area contributed by atoms with E-state index < -0.39 is 5.54 Å². The van der Waals surface area contributed by atoms with Crippen LogP contribution in [0.1, 0.15) is 44.0 Å². The van der Waals surface area contributed by atoms with Gasteiger partial charge >= 0.3 is 0 Å². The van der Waals surface area contributed by atoms with Crippen molar-refractivity contribution in [2.75, 3.05) is 0 Å². The highest BCUT2D eigenvalue weighted by Gasteiger charge is 2.37. The summed E-state index contributed by atoms with van der Waals surface area (Å²) in [6.45, 7) is 4.27. The van der Waals surface area contributed by atoms with Gasteiger partial charge in [-0.1, -0.05) is 46.9 Å². The first-order valence-electron chi connectivity index (χ1n) is 7.37. The topological polar surface area (TPSA) is 64.9 Å². The number of aromatic nitrogens is 2. The van der Waals surface area contributed by atoms with Gasteiger partial charge in [-0.25, -0.2) is 0 Å². The van der Waals surface area contributed by atoms with E-state index in [0.717, 1.165) is 34.9 Å². The molecule has 1 aliphatic carbocycles. The van der Waals surface area contributed by atoms with Crippen molar-refractivity contribution in [2.45, 2.75) is 45.1 Å². The van der Waals surface area contributed by atoms with Crippen molar-refractivity contribution in [2.24, 2.45) is 11.7 Å². The molecule has 2 atom stereocenters. The van der Waals surface area contributed by atoms with E-state index in [4.69, 9.17) is 10.3 Å². The van der Waals surface area contributed by atoms with Crippen LogP contribution in [0.3, 0.4) is 0 Å². The van der Waals surface area contributed by atoms with Gasteiger partial charge in [0.1, 0.15) is 0 Å². The lowest BCUT2D eigenvalue weighted by Gasteiger charge is -2.33. The molecule has 112 valence electrons. The fourth-order valence-corrected chi connectivity index (χ4v) is 3.52. The molecule has 0 aliphatic heterocycles. The highest BCUT2D eigenvalue weighted by atomic mass is 79.9. The molecular formula is C16H20BrN3O. The fourth-order valence-electron chi connectivity index (χ4n) is 3.15. The van der Waals surface area contributed by atoms with E-state index in [1.165, 1.54) is 6.42 Å². The fraction of sp³-hybridized carbons (Fsp3) is 0.500. The van der Waals surface area contributed by atoms with E-state index >= 15 is 0 Å². The summed E-state index contributed by atoms with van der Waals surface area (Å²) < 4.78 is 6.48. The zero-order valence-electron chi connectivity index (χ0n) is 12.4. The Kier molecular flexibility index (Phi) is 3.88. The summed E-state index contributed by atoms with van der Waals surface area (Å²) in [5, 5.41) is 4.17. The van der Waals surface area contributed by atoms with Crippen LogP contribution in [0.5, 0.6) is 0 Å². The standard InChI is InChI=1S/C16H20BrN3O/c1-10-4-3-7-16(18,9-10)15-19-14(21-20-15)13-8-12(17)6-5-11(13)2/h5-6,8,10H,3-4,7,9,18H2,1-2H3. The molecule has 1 aromatic heterocycles. The van der Waals surface area contributed by atoms with Crippen molar-refractivity contribution >= 4 is 15.9 Å². The number of benzene rings is 1. The molecule has 2 aromatic rings. The Morgan fingerprint density at radius 2 is 2.24 bits per heavy atom. The van der Waals surface area contributed by atoms with Crippen LogP contribution in [0.4, 0.5) is 0 Å². The maximum Gasteiger partial charge on any atom is 0.258 e. The molecule has 2 unspecified atom stereocenters. The maximum absolute atomic E-state index is 6.54. The highest BCUT2D eigenvalue weighted by molar-refractivity contribution is 9.10. The van der Waals surface area contributed by atoms with Crippen LogP contribution in [0, 0.1) is 12.8 Å². The molecular weight excluding hydrogens is 330 g/mol. The molecule has 0 amide bonds. The lowest BCUT2D eigenvalue weighted by atomic mass is 9.76. The molecule has 0 spiro atoms. The van der Waals surface area contributed by atoms with Gasteiger partial charge in [0.05, 0.1) is 5.54 Å². The summed E-state index contributed by atoms with van der Waals surface area (Å²) in [6, 6.07) is 6.03. The van der Waals surface area contributed by atoms with Crippen LogP contribution < -0.4 is 5.73 Å². The summed E-state index contributed by atoms with van der Waals surface area (Å²) in [6.07, 6.45) is 4.20. The Morgan fingerprint density at radius 1 is 1.43 bits per heavy atom. The molecule has 1 aliphatic rings. The molecule has 4 nitrogen and oxygen atoms in total. The Hall–Kier alpha value is -1.20. The maximum atomic E-state index is 6.54. The van der Waals surface area contributed by atoms with E-state index in [-0.39, 0.29) is 0 Å². The second kappa shape index (κ2) is 5.54. The summed E-state index contributed by atoms with van der Waals surface area (Å²) in [5.74, 6) is 1.80. The molecule has 5 heteroatoms. The molecule has 0 radical (unpaired) electrons. The molecule has 0 bridgehead atoms. The quantitative estimate of drug-likeness (QED) is 0.883. The molecule has 0 saturated heterocycles. The summed E-state index contributed by atoms with van der Waals surface area (Å²) in [5.41, 5.74) is 8.15. The predicted octanol–water partition coefficient (Wildman–Crippen LogP) is 4.17. The van der Waals surface area contributed by atoms with Crippen LogP contribution in [-0.2, 0) is 5.54 Å². The normalized spacial score (nSPS) is 26.0. The van der Waals surface area contributed by atoms with Crippen LogP contribution in [0.15, 0.2) is 27.2 Å². The number of nitrogens with zero attached hydrogens (tertiary/aromatic N) is 2. The molecule has 3 rings (SSSR count). The zero-order chi connectivity index (χ0) is 15.0. The number of aryl methyl sites for hydroxylation is 1. The van der Waals surface area contributed by atoms with Crippen molar-refractivity contribution < 1.29 is 4.52 Å². The Labute approximate surface area is 133 Å². The average Bonchev–Trinajstić information content (AvgIpc) is 2.91. The third-order valence-corrected chi connectivity index (χ3v) is 4.83. The van der Waals surface area contributed by atoms with E-state index in [1.54, 1.807) is 0 Å². The minimum absolute atomic E-state index is 0.445. The number of nitrogens with two attached hydrogens (primary N) is 1. The minimum Gasteiger partial charge on any atom is -0.334 e. The molecule has 2 N–H and O–H groups in total. The first-order valence-corrected chi connectivity index (χ1v) is 8.17. The Balaban J connectivity index is 1.94. The lowest BCUT2D eigenvalue weighted by Crippen LogP contribution is -2.42. The predicted molar refractivity (Wildman–Crippen MR) is 85.7 cm³/mol. The third kappa shape index (κ3) is 2.90. The van der Waals surface area contributed by atoms with Crippen LogP contribution in [-0.4, -0.2) is 10.1 Å². The van der Waals surface area contributed by atoms with Gasteiger partial charge in [0, 0.05) is 10.0 Å². The highest BCUT2D eigenvalue weighted by Crippen LogP contribution is 2.37. The monoisotopic (exact) mass is 349 g/mol. The van der Waals surface area contributed by atoms with Crippen molar-refractivity contribution in [3.8, 4) is 11.5 Å². The van der Waals surface area contributed by atoms with Crippen LogP contribution >= 0.6 is 15.9 Å². The van der Waals surface area contributed by atoms with Gasteiger partial charge in [0.15, 0.2) is 5.82 Å². The zero-order valence-corrected chi connectivity index (χ0v) is 14.0. The Bertz CT molecular complexity index is 655. The van der Waals surface area contributed by atoms with Crippen molar-refractivity contribution in [1.29, 1.82) is 0 Å². The van der Waals surface area contributed by atoms with Gasteiger partial charge in [-0.05, 0) is 43.4 Å². The molecule has 1 fully saturated rings. The lowest BCUT2D eigenvalue weighted by molar-refractivity contribution is 0.222. The first kappa shape index (κ1) is 14.7. The number of hydrogen-bond donors (Lipinski definition) is 1. The number of hydrogen-bond acceptors (Lipinski definition) is 4.